The molecule has 242 valence electrons. The highest BCUT2D eigenvalue weighted by Gasteiger charge is 2.45. The molecule has 0 saturated carbocycles. The highest BCUT2D eigenvalue weighted by Crippen LogP contribution is 2.40. The van der Waals surface area contributed by atoms with Gasteiger partial charge in [0.1, 0.15) is 23.1 Å². The van der Waals surface area contributed by atoms with Crippen molar-refractivity contribution in [2.24, 2.45) is 0 Å². The fourth-order valence-corrected chi connectivity index (χ4v) is 6.12. The number of fused-ring (bicyclic) bond motifs is 2. The first kappa shape index (κ1) is 31.6. The van der Waals surface area contributed by atoms with Crippen molar-refractivity contribution in [3.63, 3.8) is 0 Å². The lowest BCUT2D eigenvalue weighted by molar-refractivity contribution is -0.139. The van der Waals surface area contributed by atoms with Crippen molar-refractivity contribution < 1.29 is 34.1 Å². The van der Waals surface area contributed by atoms with E-state index in [4.69, 9.17) is 4.74 Å². The van der Waals surface area contributed by atoms with Crippen LogP contribution >= 0.6 is 0 Å². The number of carbonyl (C=O) groups is 4. The Morgan fingerprint density at radius 1 is 1.13 bits per heavy atom. The summed E-state index contributed by atoms with van der Waals surface area (Å²) in [6.07, 6.45) is 4.38. The molecule has 4 heterocycles. The minimum Gasteiger partial charge on any atom is -0.505 e. The number of benzene rings is 2. The van der Waals surface area contributed by atoms with Crippen LogP contribution in [0.1, 0.15) is 64.1 Å². The van der Waals surface area contributed by atoms with Crippen molar-refractivity contribution in [2.45, 2.75) is 44.5 Å². The van der Waals surface area contributed by atoms with Gasteiger partial charge in [0.05, 0.1) is 11.6 Å². The predicted molar refractivity (Wildman–Crippen MR) is 169 cm³/mol. The number of hydrogen-bond acceptors (Lipinski definition) is 10. The molecule has 0 radical (unpaired) electrons. The third-order valence-corrected chi connectivity index (χ3v) is 8.41. The monoisotopic (exact) mass is 638 g/mol. The first-order chi connectivity index (χ1) is 22.7. The molecule has 2 aromatic heterocycles. The molecule has 0 spiro atoms. The fraction of sp³-hybridized carbons (Fsp3) is 0.294. The van der Waals surface area contributed by atoms with Crippen LogP contribution in [-0.4, -0.2) is 74.4 Å². The maximum absolute atomic E-state index is 13.3. The van der Waals surface area contributed by atoms with E-state index < -0.39 is 35.9 Å². The van der Waals surface area contributed by atoms with Crippen molar-refractivity contribution in [1.29, 1.82) is 0 Å². The van der Waals surface area contributed by atoms with Gasteiger partial charge in [0.2, 0.25) is 11.8 Å². The number of aromatic nitrogens is 2. The van der Waals surface area contributed by atoms with Gasteiger partial charge in [-0.1, -0.05) is 24.3 Å². The maximum atomic E-state index is 13.3. The standard InChI is InChI=1S/C34H34N6O7/c1-19-16-23(31(43)30-21(19)8-4-13-38-30)29(20-6-3-12-35-17-20)37-15-5-14-36-27(42)18-47-25-9-2-7-22-28(25)34(46)40(33(22)45)24-10-11-26(41)39-32(24)44/h2-4,6-9,12-13,16-17,24,29,33,37,43,45H,5,10-11,14-15,18H2,1H3,(H,36,42)(H,39,41,44). The molecule has 3 unspecified atom stereocenters. The zero-order chi connectivity index (χ0) is 33.1. The number of nitrogens with one attached hydrogen (secondary N) is 3. The SMILES string of the molecule is Cc1cc(C(NCCCNC(=O)COc2cccc3c2C(=O)N(C2CCC(=O)NC2=O)C3O)c2cccnc2)c(O)c2ncccc12. The average Bonchev–Trinajstić information content (AvgIpc) is 3.33. The van der Waals surface area contributed by atoms with Gasteiger partial charge in [-0.15, -0.1) is 0 Å². The Bertz CT molecular complexity index is 1850. The molecular weight excluding hydrogens is 604 g/mol. The molecule has 3 atom stereocenters. The van der Waals surface area contributed by atoms with E-state index in [1.54, 1.807) is 30.7 Å². The first-order valence-corrected chi connectivity index (χ1v) is 15.3. The third-order valence-electron chi connectivity index (χ3n) is 8.41. The fourth-order valence-electron chi connectivity index (χ4n) is 6.12. The third kappa shape index (κ3) is 6.35. The summed E-state index contributed by atoms with van der Waals surface area (Å²) in [6, 6.07) is 12.7. The summed E-state index contributed by atoms with van der Waals surface area (Å²) >= 11 is 0. The zero-order valence-corrected chi connectivity index (χ0v) is 25.6. The average molecular weight is 639 g/mol. The molecule has 13 nitrogen and oxygen atoms in total. The molecular formula is C34H34N6O7. The Kier molecular flexibility index (Phi) is 9.09. The van der Waals surface area contributed by atoms with E-state index in [0.717, 1.165) is 21.4 Å². The van der Waals surface area contributed by atoms with Crippen LogP contribution in [0.2, 0.25) is 0 Å². The summed E-state index contributed by atoms with van der Waals surface area (Å²) in [7, 11) is 0. The van der Waals surface area contributed by atoms with E-state index >= 15 is 0 Å². The van der Waals surface area contributed by atoms with Crippen LogP contribution in [0.15, 0.2) is 67.1 Å². The highest BCUT2D eigenvalue weighted by atomic mass is 16.5. The van der Waals surface area contributed by atoms with Crippen LogP contribution in [0.4, 0.5) is 0 Å². The number of piperidine rings is 1. The Labute approximate surface area is 270 Å². The zero-order valence-electron chi connectivity index (χ0n) is 25.6. The van der Waals surface area contributed by atoms with Crippen LogP contribution < -0.4 is 20.7 Å². The molecule has 4 amide bonds. The van der Waals surface area contributed by atoms with Gasteiger partial charge in [0, 0.05) is 48.1 Å². The molecule has 1 fully saturated rings. The second-order valence-electron chi connectivity index (χ2n) is 11.5. The van der Waals surface area contributed by atoms with Crippen molar-refractivity contribution in [2.75, 3.05) is 19.7 Å². The Morgan fingerprint density at radius 3 is 2.74 bits per heavy atom. The van der Waals surface area contributed by atoms with Crippen molar-refractivity contribution in [3.05, 3.63) is 94.9 Å². The molecule has 5 N–H and O–H groups in total. The second-order valence-corrected chi connectivity index (χ2v) is 11.5. The number of carbonyl (C=O) groups excluding carboxylic acids is 4. The van der Waals surface area contributed by atoms with Crippen molar-refractivity contribution in [1.82, 2.24) is 30.8 Å². The number of nitrogens with zero attached hydrogens (tertiary/aromatic N) is 3. The van der Waals surface area contributed by atoms with Gasteiger partial charge in [-0.25, -0.2) is 0 Å². The molecule has 2 aliphatic heterocycles. The van der Waals surface area contributed by atoms with Gasteiger partial charge >= 0.3 is 0 Å². The van der Waals surface area contributed by atoms with Crippen LogP contribution in [0.5, 0.6) is 11.5 Å². The molecule has 47 heavy (non-hydrogen) atoms. The minimum atomic E-state index is -1.39. The molecule has 13 heteroatoms. The number of aliphatic hydroxyl groups is 1. The van der Waals surface area contributed by atoms with E-state index in [2.05, 4.69) is 25.9 Å². The van der Waals surface area contributed by atoms with E-state index in [9.17, 15) is 29.4 Å². The molecule has 2 aromatic carbocycles. The summed E-state index contributed by atoms with van der Waals surface area (Å²) in [5.41, 5.74) is 3.37. The van der Waals surface area contributed by atoms with Crippen molar-refractivity contribution in [3.8, 4) is 11.5 Å². The lowest BCUT2D eigenvalue weighted by Gasteiger charge is -2.31. The Hall–Kier alpha value is -5.40. The van der Waals surface area contributed by atoms with E-state index in [-0.39, 0.29) is 48.1 Å². The predicted octanol–water partition coefficient (Wildman–Crippen LogP) is 2.16. The second kappa shape index (κ2) is 13.5. The number of aliphatic hydroxyl groups excluding tert-OH is 1. The number of amides is 4. The number of hydrogen-bond donors (Lipinski definition) is 5. The largest absolute Gasteiger partial charge is 0.505 e. The Balaban J connectivity index is 1.05. The number of aryl methyl sites for hydroxylation is 1. The van der Waals surface area contributed by atoms with E-state index in [0.29, 0.717) is 30.6 Å². The van der Waals surface area contributed by atoms with Gasteiger partial charge < -0.3 is 25.6 Å². The van der Waals surface area contributed by atoms with E-state index in [1.165, 1.54) is 6.07 Å². The summed E-state index contributed by atoms with van der Waals surface area (Å²) < 4.78 is 5.70. The number of rotatable bonds is 11. The topological polar surface area (TPSA) is 183 Å². The van der Waals surface area contributed by atoms with Crippen LogP contribution in [0.3, 0.4) is 0 Å². The maximum Gasteiger partial charge on any atom is 0.261 e. The number of aromatic hydroxyl groups is 1. The Morgan fingerprint density at radius 2 is 1.96 bits per heavy atom. The summed E-state index contributed by atoms with van der Waals surface area (Å²) in [6.45, 7) is 2.42. The van der Waals surface area contributed by atoms with Gasteiger partial charge in [-0.2, -0.15) is 0 Å². The quantitative estimate of drug-likeness (QED) is 0.121. The normalized spacial score (nSPS) is 18.2. The summed E-state index contributed by atoms with van der Waals surface area (Å²) in [5.74, 6) is -1.90. The van der Waals surface area contributed by atoms with Crippen LogP contribution in [0, 0.1) is 6.92 Å². The lowest BCUT2D eigenvalue weighted by atomic mass is 9.95. The number of phenolic OH excluding ortho intramolecular Hbond substituents is 1. The smallest absolute Gasteiger partial charge is 0.261 e. The summed E-state index contributed by atoms with van der Waals surface area (Å²) in [4.78, 5) is 59.6. The molecule has 2 aliphatic rings. The number of phenols is 1. The highest BCUT2D eigenvalue weighted by molar-refractivity contribution is 6.07. The summed E-state index contributed by atoms with van der Waals surface area (Å²) in [5, 5.41) is 31.4. The van der Waals surface area contributed by atoms with Gasteiger partial charge in [0.25, 0.3) is 11.8 Å². The number of pyridine rings is 2. The van der Waals surface area contributed by atoms with Gasteiger partial charge in [0.15, 0.2) is 12.8 Å². The molecule has 6 rings (SSSR count). The molecule has 0 aliphatic carbocycles. The van der Waals surface area contributed by atoms with Crippen LogP contribution in [0.25, 0.3) is 10.9 Å². The van der Waals surface area contributed by atoms with Crippen LogP contribution in [-0.2, 0) is 14.4 Å². The van der Waals surface area contributed by atoms with Crippen molar-refractivity contribution >= 4 is 34.5 Å². The molecule has 1 saturated heterocycles. The molecule has 4 aromatic rings. The van der Waals surface area contributed by atoms with Gasteiger partial charge in [-0.3, -0.25) is 39.4 Å². The minimum absolute atomic E-state index is 0.0511. The number of ether oxygens (including phenoxy) is 1. The number of imide groups is 1. The molecule has 0 bridgehead atoms. The van der Waals surface area contributed by atoms with Gasteiger partial charge in [-0.05, 0) is 61.7 Å². The van der Waals surface area contributed by atoms with E-state index in [1.807, 2.05) is 37.3 Å². The lowest BCUT2D eigenvalue weighted by Crippen LogP contribution is -2.53. The first-order valence-electron chi connectivity index (χ1n) is 15.3.